The summed E-state index contributed by atoms with van der Waals surface area (Å²) in [5.41, 5.74) is 1.26. The van der Waals surface area contributed by atoms with Gasteiger partial charge in [0.15, 0.2) is 0 Å². The van der Waals surface area contributed by atoms with E-state index in [9.17, 15) is 0 Å². The van der Waals surface area contributed by atoms with Crippen molar-refractivity contribution < 1.29 is 0 Å². The molecule has 0 bridgehead atoms. The Bertz CT molecular complexity index is 215. The fraction of sp³-hybridized carbons (Fsp3) is 0.833. The number of hydrogen-bond donors (Lipinski definition) is 1. The van der Waals surface area contributed by atoms with Crippen molar-refractivity contribution in [1.29, 1.82) is 0 Å². The molecule has 1 aliphatic heterocycles. The third-order valence-electron chi connectivity index (χ3n) is 3.30. The van der Waals surface area contributed by atoms with Crippen molar-refractivity contribution in [1.82, 2.24) is 15.1 Å². The fourth-order valence-electron chi connectivity index (χ4n) is 2.28. The second-order valence-electron chi connectivity index (χ2n) is 4.87. The Hall–Kier alpha value is -0.380. The maximum Gasteiger partial charge on any atom is 0.0376 e. The second kappa shape index (κ2) is 5.64. The summed E-state index contributed by atoms with van der Waals surface area (Å²) < 4.78 is 0. The van der Waals surface area contributed by atoms with E-state index < -0.39 is 0 Å². The van der Waals surface area contributed by atoms with Crippen molar-refractivity contribution in [2.75, 3.05) is 40.8 Å². The van der Waals surface area contributed by atoms with Crippen LogP contribution in [-0.2, 0) is 0 Å². The van der Waals surface area contributed by atoms with Gasteiger partial charge >= 0.3 is 0 Å². The van der Waals surface area contributed by atoms with Crippen LogP contribution in [0.15, 0.2) is 12.2 Å². The predicted molar refractivity (Wildman–Crippen MR) is 66.2 cm³/mol. The van der Waals surface area contributed by atoms with Crippen molar-refractivity contribution >= 4 is 0 Å². The smallest absolute Gasteiger partial charge is 0.0376 e. The van der Waals surface area contributed by atoms with Crippen LogP contribution in [0.3, 0.4) is 0 Å². The zero-order valence-electron chi connectivity index (χ0n) is 10.6. The maximum atomic E-state index is 4.01. The molecule has 1 aliphatic rings. The molecule has 2 atom stereocenters. The first-order valence-corrected chi connectivity index (χ1v) is 5.75. The lowest BCUT2D eigenvalue weighted by atomic mass is 9.98. The van der Waals surface area contributed by atoms with E-state index in [1.54, 1.807) is 0 Å². The van der Waals surface area contributed by atoms with Crippen LogP contribution in [0.2, 0.25) is 0 Å². The van der Waals surface area contributed by atoms with Crippen LogP contribution in [0, 0.1) is 0 Å². The van der Waals surface area contributed by atoms with Gasteiger partial charge in [0.05, 0.1) is 0 Å². The minimum absolute atomic E-state index is 0.523. The molecule has 0 amide bonds. The van der Waals surface area contributed by atoms with Crippen LogP contribution in [0.1, 0.15) is 13.3 Å². The number of piperazine rings is 1. The van der Waals surface area contributed by atoms with Crippen LogP contribution >= 0.6 is 0 Å². The molecule has 88 valence electrons. The molecule has 0 aromatic heterocycles. The van der Waals surface area contributed by atoms with Gasteiger partial charge in [-0.05, 0) is 34.5 Å². The predicted octanol–water partition coefficient (Wildman–Crippen LogP) is 0.786. The third-order valence-corrected chi connectivity index (χ3v) is 3.30. The number of nitrogens with zero attached hydrogens (tertiary/aromatic N) is 2. The largest absolute Gasteiger partial charge is 0.315 e. The summed E-state index contributed by atoms with van der Waals surface area (Å²) in [6, 6.07) is 1.13. The first-order valence-electron chi connectivity index (χ1n) is 5.75. The van der Waals surface area contributed by atoms with E-state index in [-0.39, 0.29) is 0 Å². The van der Waals surface area contributed by atoms with E-state index in [0.717, 1.165) is 19.5 Å². The van der Waals surface area contributed by atoms with Gasteiger partial charge in [-0.3, -0.25) is 4.90 Å². The number of hydrogen-bond acceptors (Lipinski definition) is 3. The lowest BCUT2D eigenvalue weighted by Gasteiger charge is -2.42. The summed E-state index contributed by atoms with van der Waals surface area (Å²) >= 11 is 0. The lowest BCUT2D eigenvalue weighted by molar-refractivity contribution is 0.0897. The summed E-state index contributed by atoms with van der Waals surface area (Å²) in [6.07, 6.45) is 1.07. The van der Waals surface area contributed by atoms with Crippen LogP contribution in [0.5, 0.6) is 0 Å². The Morgan fingerprint density at radius 1 is 1.47 bits per heavy atom. The Kier molecular flexibility index (Phi) is 4.77. The molecule has 1 rings (SSSR count). The van der Waals surface area contributed by atoms with Gasteiger partial charge in [-0.2, -0.15) is 0 Å². The maximum absolute atomic E-state index is 4.01. The second-order valence-corrected chi connectivity index (χ2v) is 4.87. The average Bonchev–Trinajstić information content (AvgIpc) is 2.18. The normalized spacial score (nSPS) is 26.5. The van der Waals surface area contributed by atoms with E-state index >= 15 is 0 Å². The molecule has 1 fully saturated rings. The van der Waals surface area contributed by atoms with Gasteiger partial charge < -0.3 is 10.2 Å². The first kappa shape index (κ1) is 12.7. The quantitative estimate of drug-likeness (QED) is 0.694. The molecular weight excluding hydrogens is 186 g/mol. The van der Waals surface area contributed by atoms with Crippen molar-refractivity contribution in [3.8, 4) is 0 Å². The summed E-state index contributed by atoms with van der Waals surface area (Å²) in [6.45, 7) is 9.61. The molecule has 15 heavy (non-hydrogen) atoms. The van der Waals surface area contributed by atoms with Crippen LogP contribution in [0.4, 0.5) is 0 Å². The highest BCUT2D eigenvalue weighted by Crippen LogP contribution is 2.14. The Balaban J connectivity index is 2.59. The Labute approximate surface area is 94.1 Å². The number of rotatable bonds is 4. The van der Waals surface area contributed by atoms with E-state index in [1.807, 2.05) is 0 Å². The Morgan fingerprint density at radius 3 is 2.67 bits per heavy atom. The highest BCUT2D eigenvalue weighted by Gasteiger charge is 2.28. The van der Waals surface area contributed by atoms with E-state index in [4.69, 9.17) is 0 Å². The highest BCUT2D eigenvalue weighted by molar-refractivity contribution is 4.98. The molecule has 2 unspecified atom stereocenters. The third kappa shape index (κ3) is 3.59. The van der Waals surface area contributed by atoms with E-state index in [2.05, 4.69) is 49.8 Å². The van der Waals surface area contributed by atoms with Crippen LogP contribution < -0.4 is 5.32 Å². The summed E-state index contributed by atoms with van der Waals surface area (Å²) in [7, 11) is 6.48. The molecule has 0 aliphatic carbocycles. The zero-order valence-corrected chi connectivity index (χ0v) is 10.6. The molecule has 0 spiro atoms. The van der Waals surface area contributed by atoms with Crippen LogP contribution in [-0.4, -0.2) is 62.7 Å². The van der Waals surface area contributed by atoms with Crippen molar-refractivity contribution in [3.63, 3.8) is 0 Å². The standard InChI is InChI=1S/C12H25N3/c1-10(2)8-11(13-3)12-9-14(4)6-7-15(12)5/h11-13H,1,6-9H2,2-5H3. The van der Waals surface area contributed by atoms with E-state index in [0.29, 0.717) is 12.1 Å². The van der Waals surface area contributed by atoms with Crippen LogP contribution in [0.25, 0.3) is 0 Å². The molecule has 0 aromatic carbocycles. The molecule has 3 nitrogen and oxygen atoms in total. The van der Waals surface area contributed by atoms with Gasteiger partial charge in [0.1, 0.15) is 0 Å². The Morgan fingerprint density at radius 2 is 2.13 bits per heavy atom. The van der Waals surface area contributed by atoms with E-state index in [1.165, 1.54) is 12.1 Å². The molecule has 1 heterocycles. The zero-order chi connectivity index (χ0) is 11.4. The fourth-order valence-corrected chi connectivity index (χ4v) is 2.28. The number of likely N-dealkylation sites (N-methyl/N-ethyl adjacent to an activating group) is 3. The molecule has 0 saturated carbocycles. The van der Waals surface area contributed by atoms with Crippen molar-refractivity contribution in [2.24, 2.45) is 0 Å². The summed E-state index contributed by atoms with van der Waals surface area (Å²) in [4.78, 5) is 4.87. The highest BCUT2D eigenvalue weighted by atomic mass is 15.3. The minimum atomic E-state index is 0.523. The minimum Gasteiger partial charge on any atom is -0.315 e. The topological polar surface area (TPSA) is 18.5 Å². The van der Waals surface area contributed by atoms with Gasteiger partial charge in [0, 0.05) is 31.7 Å². The summed E-state index contributed by atoms with van der Waals surface area (Å²) in [5.74, 6) is 0. The number of nitrogens with one attached hydrogen (secondary N) is 1. The van der Waals surface area contributed by atoms with Gasteiger partial charge in [-0.15, -0.1) is 6.58 Å². The molecule has 0 aromatic rings. The van der Waals surface area contributed by atoms with Gasteiger partial charge in [0.25, 0.3) is 0 Å². The molecule has 0 radical (unpaired) electrons. The molecule has 3 heteroatoms. The van der Waals surface area contributed by atoms with Gasteiger partial charge in [-0.25, -0.2) is 0 Å². The van der Waals surface area contributed by atoms with Gasteiger partial charge in [-0.1, -0.05) is 5.57 Å². The monoisotopic (exact) mass is 211 g/mol. The summed E-state index contributed by atoms with van der Waals surface area (Å²) in [5, 5.41) is 3.42. The average molecular weight is 211 g/mol. The first-order chi connectivity index (χ1) is 7.04. The van der Waals surface area contributed by atoms with Crippen molar-refractivity contribution in [3.05, 3.63) is 12.2 Å². The molecule has 1 N–H and O–H groups in total. The lowest BCUT2D eigenvalue weighted by Crippen LogP contribution is -2.58. The SMILES string of the molecule is C=C(C)CC(NC)C1CN(C)CCN1C. The van der Waals surface area contributed by atoms with Crippen molar-refractivity contribution in [2.45, 2.75) is 25.4 Å². The van der Waals surface area contributed by atoms with Gasteiger partial charge in [0.2, 0.25) is 0 Å². The molecular formula is C12H25N3. The molecule has 1 saturated heterocycles.